The molecule has 0 bridgehead atoms. The first-order chi connectivity index (χ1) is 11.2. The van der Waals surface area contributed by atoms with Crippen molar-refractivity contribution in [3.8, 4) is 5.75 Å². The second kappa shape index (κ2) is 8.72. The number of nitrogens with one attached hydrogen (secondary N) is 2. The van der Waals surface area contributed by atoms with Crippen LogP contribution in [0, 0.1) is 11.3 Å². The predicted octanol–water partition coefficient (Wildman–Crippen LogP) is 2.95. The smallest absolute Gasteiger partial charge is 0.223 e. The summed E-state index contributed by atoms with van der Waals surface area (Å²) in [5.41, 5.74) is 1.65. The minimum Gasteiger partial charge on any atom is -0.492 e. The quantitative estimate of drug-likeness (QED) is 0.742. The van der Waals surface area contributed by atoms with Crippen LogP contribution in [-0.4, -0.2) is 32.1 Å². The van der Waals surface area contributed by atoms with Gasteiger partial charge in [-0.15, -0.1) is 12.4 Å². The minimum atomic E-state index is 0. The third-order valence-electron chi connectivity index (χ3n) is 5.24. The lowest BCUT2D eigenvalue weighted by atomic mass is 9.92. The lowest BCUT2D eigenvalue weighted by Gasteiger charge is -2.23. The molecule has 24 heavy (non-hydrogen) atoms. The van der Waals surface area contributed by atoms with E-state index in [1.165, 1.54) is 5.56 Å². The van der Waals surface area contributed by atoms with E-state index in [2.05, 4.69) is 29.7 Å². The summed E-state index contributed by atoms with van der Waals surface area (Å²) in [5.74, 6) is 1.33. The van der Waals surface area contributed by atoms with Gasteiger partial charge in [-0.1, -0.05) is 25.5 Å². The number of rotatable bonds is 7. The van der Waals surface area contributed by atoms with Gasteiger partial charge < -0.3 is 15.4 Å². The number of benzene rings is 1. The van der Waals surface area contributed by atoms with Gasteiger partial charge in [0, 0.05) is 5.92 Å². The maximum absolute atomic E-state index is 12.2. The second-order valence-electron chi connectivity index (χ2n) is 6.90. The maximum Gasteiger partial charge on any atom is 0.223 e. The zero-order valence-electron chi connectivity index (χ0n) is 14.5. The summed E-state index contributed by atoms with van der Waals surface area (Å²) in [7, 11) is 0. The van der Waals surface area contributed by atoms with Gasteiger partial charge in [-0.3, -0.25) is 4.79 Å². The van der Waals surface area contributed by atoms with Crippen LogP contribution in [0.1, 0.15) is 38.2 Å². The SMILES string of the molecule is CCCc1ccc(OCCNC(=O)C2CC23CCNCC3)cc1.Cl. The molecule has 134 valence electrons. The summed E-state index contributed by atoms with van der Waals surface area (Å²) in [6, 6.07) is 8.25. The summed E-state index contributed by atoms with van der Waals surface area (Å²) in [6.07, 6.45) is 5.62. The van der Waals surface area contributed by atoms with Crippen LogP contribution in [0.4, 0.5) is 0 Å². The molecule has 1 heterocycles. The molecule has 4 nitrogen and oxygen atoms in total. The van der Waals surface area contributed by atoms with Crippen molar-refractivity contribution in [1.29, 1.82) is 0 Å². The highest BCUT2D eigenvalue weighted by atomic mass is 35.5. The molecule has 1 saturated carbocycles. The lowest BCUT2D eigenvalue weighted by molar-refractivity contribution is -0.123. The number of carbonyl (C=O) groups is 1. The molecular formula is C19H29ClN2O2. The van der Waals surface area contributed by atoms with Gasteiger partial charge in [0.15, 0.2) is 0 Å². The van der Waals surface area contributed by atoms with E-state index in [9.17, 15) is 4.79 Å². The van der Waals surface area contributed by atoms with E-state index in [1.807, 2.05) is 12.1 Å². The van der Waals surface area contributed by atoms with E-state index in [0.29, 0.717) is 18.6 Å². The molecule has 0 radical (unpaired) electrons. The van der Waals surface area contributed by atoms with Gasteiger partial charge in [0.25, 0.3) is 0 Å². The van der Waals surface area contributed by atoms with Crippen LogP contribution < -0.4 is 15.4 Å². The Labute approximate surface area is 151 Å². The number of hydrogen-bond donors (Lipinski definition) is 2. The molecule has 0 aromatic heterocycles. The number of halogens is 1. The van der Waals surface area contributed by atoms with E-state index in [-0.39, 0.29) is 24.2 Å². The third-order valence-corrected chi connectivity index (χ3v) is 5.24. The minimum absolute atomic E-state index is 0. The summed E-state index contributed by atoms with van der Waals surface area (Å²) < 4.78 is 5.70. The van der Waals surface area contributed by atoms with E-state index in [1.54, 1.807) is 0 Å². The first kappa shape index (κ1) is 19.1. The molecule has 1 aliphatic heterocycles. The van der Waals surface area contributed by atoms with Gasteiger partial charge in [-0.2, -0.15) is 0 Å². The highest BCUT2D eigenvalue weighted by Crippen LogP contribution is 2.58. The number of amides is 1. The van der Waals surface area contributed by atoms with Crippen molar-refractivity contribution in [1.82, 2.24) is 10.6 Å². The van der Waals surface area contributed by atoms with E-state index in [0.717, 1.165) is 50.9 Å². The zero-order valence-corrected chi connectivity index (χ0v) is 15.3. The monoisotopic (exact) mass is 352 g/mol. The van der Waals surface area contributed by atoms with Crippen LogP contribution in [-0.2, 0) is 11.2 Å². The van der Waals surface area contributed by atoms with Crippen molar-refractivity contribution in [3.05, 3.63) is 29.8 Å². The Balaban J connectivity index is 0.00000208. The first-order valence-electron chi connectivity index (χ1n) is 8.94. The molecule has 2 aliphatic rings. The molecule has 1 aliphatic carbocycles. The number of ether oxygens (including phenoxy) is 1. The van der Waals surface area contributed by atoms with Crippen LogP contribution in [0.3, 0.4) is 0 Å². The second-order valence-corrected chi connectivity index (χ2v) is 6.90. The van der Waals surface area contributed by atoms with Crippen molar-refractivity contribution in [2.45, 2.75) is 39.0 Å². The fraction of sp³-hybridized carbons (Fsp3) is 0.632. The topological polar surface area (TPSA) is 50.4 Å². The Morgan fingerprint density at radius 3 is 2.67 bits per heavy atom. The number of hydrogen-bond acceptors (Lipinski definition) is 3. The Bertz CT molecular complexity index is 527. The van der Waals surface area contributed by atoms with Gasteiger partial charge in [-0.25, -0.2) is 0 Å². The Morgan fingerprint density at radius 1 is 1.29 bits per heavy atom. The Hall–Kier alpha value is -1.26. The lowest BCUT2D eigenvalue weighted by Crippen LogP contribution is -2.35. The average Bonchev–Trinajstić information content (AvgIpc) is 3.27. The number of carbonyl (C=O) groups excluding carboxylic acids is 1. The fourth-order valence-corrected chi connectivity index (χ4v) is 3.70. The molecule has 1 unspecified atom stereocenters. The van der Waals surface area contributed by atoms with E-state index in [4.69, 9.17) is 4.74 Å². The van der Waals surface area contributed by atoms with Crippen molar-refractivity contribution >= 4 is 18.3 Å². The van der Waals surface area contributed by atoms with Crippen LogP contribution in [0.5, 0.6) is 5.75 Å². The average molecular weight is 353 g/mol. The summed E-state index contributed by atoms with van der Waals surface area (Å²) in [6.45, 7) is 5.41. The highest BCUT2D eigenvalue weighted by molar-refractivity contribution is 5.85. The fourth-order valence-electron chi connectivity index (χ4n) is 3.70. The van der Waals surface area contributed by atoms with Crippen molar-refractivity contribution in [3.63, 3.8) is 0 Å². The van der Waals surface area contributed by atoms with Gasteiger partial charge in [0.1, 0.15) is 12.4 Å². The third kappa shape index (κ3) is 4.64. The number of piperidine rings is 1. The molecule has 1 spiro atoms. The first-order valence-corrected chi connectivity index (χ1v) is 8.94. The Morgan fingerprint density at radius 2 is 2.00 bits per heavy atom. The van der Waals surface area contributed by atoms with Crippen molar-refractivity contribution < 1.29 is 9.53 Å². The van der Waals surface area contributed by atoms with Gasteiger partial charge in [0.05, 0.1) is 6.54 Å². The summed E-state index contributed by atoms with van der Waals surface area (Å²) >= 11 is 0. The Kier molecular flexibility index (Phi) is 6.93. The van der Waals surface area contributed by atoms with Crippen molar-refractivity contribution in [2.75, 3.05) is 26.2 Å². The van der Waals surface area contributed by atoms with Gasteiger partial charge >= 0.3 is 0 Å². The largest absolute Gasteiger partial charge is 0.492 e. The molecule has 1 aromatic rings. The molecule has 1 saturated heterocycles. The van der Waals surface area contributed by atoms with Crippen LogP contribution in [0.2, 0.25) is 0 Å². The molecular weight excluding hydrogens is 324 g/mol. The molecule has 1 aromatic carbocycles. The molecule has 1 atom stereocenters. The molecule has 1 amide bonds. The molecule has 2 N–H and O–H groups in total. The van der Waals surface area contributed by atoms with Crippen LogP contribution >= 0.6 is 12.4 Å². The van der Waals surface area contributed by atoms with E-state index < -0.39 is 0 Å². The molecule has 5 heteroatoms. The van der Waals surface area contributed by atoms with Crippen LogP contribution in [0.25, 0.3) is 0 Å². The van der Waals surface area contributed by atoms with E-state index >= 15 is 0 Å². The summed E-state index contributed by atoms with van der Waals surface area (Å²) in [5, 5.41) is 6.40. The highest BCUT2D eigenvalue weighted by Gasteiger charge is 2.57. The standard InChI is InChI=1S/C19H28N2O2.ClH/c1-2-3-15-4-6-16(7-5-15)23-13-12-21-18(22)17-14-19(17)8-10-20-11-9-19;/h4-7,17,20H,2-3,8-14H2,1H3,(H,21,22);1H. The van der Waals surface area contributed by atoms with Crippen LogP contribution in [0.15, 0.2) is 24.3 Å². The molecule has 3 rings (SSSR count). The van der Waals surface area contributed by atoms with Gasteiger partial charge in [0.2, 0.25) is 5.91 Å². The summed E-state index contributed by atoms with van der Waals surface area (Å²) in [4.78, 5) is 12.2. The zero-order chi connectivity index (χ0) is 16.1. The molecule has 2 fully saturated rings. The predicted molar refractivity (Wildman–Crippen MR) is 98.8 cm³/mol. The number of aryl methyl sites for hydroxylation is 1. The normalized spacial score (nSPS) is 21.0. The maximum atomic E-state index is 12.2. The van der Waals surface area contributed by atoms with Gasteiger partial charge in [-0.05, 0) is 61.9 Å². The van der Waals surface area contributed by atoms with Crippen molar-refractivity contribution in [2.24, 2.45) is 11.3 Å².